The summed E-state index contributed by atoms with van der Waals surface area (Å²) in [5.74, 6) is -0.470. The molecule has 4 heteroatoms. The highest BCUT2D eigenvalue weighted by molar-refractivity contribution is 6.00. The number of carboxylic acid groups (broad SMARTS) is 1. The van der Waals surface area contributed by atoms with Crippen molar-refractivity contribution in [3.8, 4) is 0 Å². The molecule has 0 unspecified atom stereocenters. The molecule has 0 radical (unpaired) electrons. The predicted octanol–water partition coefficient (Wildman–Crippen LogP) is 6.67. The van der Waals surface area contributed by atoms with E-state index >= 15 is 0 Å². The minimum atomic E-state index is -0.952. The summed E-state index contributed by atoms with van der Waals surface area (Å²) >= 11 is 0. The molecule has 4 nitrogen and oxygen atoms in total. The van der Waals surface area contributed by atoms with Crippen molar-refractivity contribution >= 4 is 34.1 Å². The van der Waals surface area contributed by atoms with Crippen molar-refractivity contribution in [2.75, 3.05) is 0 Å². The van der Waals surface area contributed by atoms with E-state index in [9.17, 15) is 4.79 Å². The summed E-state index contributed by atoms with van der Waals surface area (Å²) in [6, 6.07) is 25.0. The van der Waals surface area contributed by atoms with Crippen LogP contribution in [0.5, 0.6) is 0 Å². The van der Waals surface area contributed by atoms with Gasteiger partial charge in [-0.3, -0.25) is 5.10 Å². The van der Waals surface area contributed by atoms with Crippen LogP contribution < -0.4 is 0 Å². The lowest BCUT2D eigenvalue weighted by Crippen LogP contribution is -1.99. The maximum atomic E-state index is 10.9. The second-order valence-electron chi connectivity index (χ2n) is 8.28. The van der Waals surface area contributed by atoms with Crippen molar-refractivity contribution in [1.82, 2.24) is 10.2 Å². The molecular weight excluding hydrogens is 396 g/mol. The van der Waals surface area contributed by atoms with Gasteiger partial charge in [0.25, 0.3) is 0 Å². The third kappa shape index (κ3) is 4.86. The predicted molar refractivity (Wildman–Crippen MR) is 131 cm³/mol. The number of hydrogen-bond donors (Lipinski definition) is 2. The van der Waals surface area contributed by atoms with Crippen molar-refractivity contribution in [2.45, 2.75) is 20.3 Å². The van der Waals surface area contributed by atoms with Crippen molar-refractivity contribution in [1.29, 1.82) is 0 Å². The molecule has 0 saturated heterocycles. The normalized spacial score (nSPS) is 12.5. The van der Waals surface area contributed by atoms with E-state index in [4.69, 9.17) is 5.11 Å². The summed E-state index contributed by atoms with van der Waals surface area (Å²) in [6.45, 7) is 4.47. The van der Waals surface area contributed by atoms with E-state index in [0.717, 1.165) is 40.1 Å². The molecule has 2 N–H and O–H groups in total. The summed E-state index contributed by atoms with van der Waals surface area (Å²) < 4.78 is 0. The van der Waals surface area contributed by atoms with Crippen molar-refractivity contribution in [3.63, 3.8) is 0 Å². The number of allylic oxidation sites excluding steroid dienone is 1. The summed E-state index contributed by atoms with van der Waals surface area (Å²) in [7, 11) is 0. The van der Waals surface area contributed by atoms with Gasteiger partial charge in [-0.15, -0.1) is 0 Å². The average Bonchev–Trinajstić information content (AvgIpc) is 3.26. The van der Waals surface area contributed by atoms with Crippen LogP contribution in [-0.4, -0.2) is 21.3 Å². The van der Waals surface area contributed by atoms with Gasteiger partial charge in [-0.05, 0) is 63.9 Å². The molecule has 160 valence electrons. The number of aromatic nitrogens is 2. The topological polar surface area (TPSA) is 66.0 Å². The Morgan fingerprint density at radius 2 is 1.69 bits per heavy atom. The second kappa shape index (κ2) is 9.48. The first kappa shape index (κ1) is 21.3. The molecule has 0 bridgehead atoms. The van der Waals surface area contributed by atoms with E-state index in [0.29, 0.717) is 5.92 Å². The van der Waals surface area contributed by atoms with Crippen LogP contribution in [-0.2, 0) is 4.79 Å². The van der Waals surface area contributed by atoms with Crippen molar-refractivity contribution in [3.05, 3.63) is 107 Å². The van der Waals surface area contributed by atoms with Crippen LogP contribution in [0.2, 0.25) is 0 Å². The molecule has 0 aliphatic carbocycles. The quantitative estimate of drug-likeness (QED) is 0.258. The Bertz CT molecular complexity index is 1280. The Morgan fingerprint density at radius 3 is 2.38 bits per heavy atom. The number of rotatable bonds is 7. The molecule has 4 rings (SSSR count). The van der Waals surface area contributed by atoms with Gasteiger partial charge in [0.2, 0.25) is 0 Å². The highest BCUT2D eigenvalue weighted by atomic mass is 16.4. The Morgan fingerprint density at radius 1 is 0.969 bits per heavy atom. The van der Waals surface area contributed by atoms with Crippen LogP contribution in [0.1, 0.15) is 42.5 Å². The second-order valence-corrected chi connectivity index (χ2v) is 8.28. The molecule has 1 aromatic heterocycles. The SMILES string of the molecule is CC(C)C/C(=C(/c1ccc(/C=C/C(=O)O)cc1)c1ccc2[nH]ncc2c1)c1ccccc1. The Labute approximate surface area is 187 Å². The number of aromatic amines is 1. The minimum Gasteiger partial charge on any atom is -0.478 e. The smallest absolute Gasteiger partial charge is 0.328 e. The fourth-order valence-electron chi connectivity index (χ4n) is 3.95. The number of nitrogens with zero attached hydrogens (tertiary/aromatic N) is 1. The van der Waals surface area contributed by atoms with Gasteiger partial charge in [0.15, 0.2) is 0 Å². The molecule has 0 atom stereocenters. The number of benzene rings is 3. The molecule has 3 aromatic carbocycles. The summed E-state index contributed by atoms with van der Waals surface area (Å²) in [5.41, 5.74) is 7.77. The first-order chi connectivity index (χ1) is 15.5. The van der Waals surface area contributed by atoms with Gasteiger partial charge >= 0.3 is 5.97 Å². The van der Waals surface area contributed by atoms with Gasteiger partial charge in [0, 0.05) is 11.5 Å². The number of hydrogen-bond acceptors (Lipinski definition) is 2. The number of aliphatic carboxylic acids is 1. The fraction of sp³-hybridized carbons (Fsp3) is 0.143. The van der Waals surface area contributed by atoms with Crippen LogP contribution >= 0.6 is 0 Å². The van der Waals surface area contributed by atoms with E-state index in [1.165, 1.54) is 16.7 Å². The van der Waals surface area contributed by atoms with Gasteiger partial charge in [-0.1, -0.05) is 74.5 Å². The Kier molecular flexibility index (Phi) is 6.31. The standard InChI is InChI=1S/C28H26N2O2/c1-19(2)16-25(21-6-4-3-5-7-21)28(23-13-14-26-24(17-23)18-29-30-26)22-11-8-20(9-12-22)10-15-27(31)32/h3-15,17-19H,16H2,1-2H3,(H,29,30)(H,31,32)/b15-10+,28-25+. The van der Waals surface area contributed by atoms with Crippen LogP contribution in [0.25, 0.3) is 28.1 Å². The molecule has 0 amide bonds. The highest BCUT2D eigenvalue weighted by Gasteiger charge is 2.16. The van der Waals surface area contributed by atoms with E-state index in [1.807, 2.05) is 24.4 Å². The fourth-order valence-corrected chi connectivity index (χ4v) is 3.95. The molecule has 4 aromatic rings. The van der Waals surface area contributed by atoms with Gasteiger partial charge in [0.05, 0.1) is 11.7 Å². The van der Waals surface area contributed by atoms with Crippen LogP contribution in [0.3, 0.4) is 0 Å². The van der Waals surface area contributed by atoms with Crippen LogP contribution in [0.4, 0.5) is 0 Å². The highest BCUT2D eigenvalue weighted by Crippen LogP contribution is 2.37. The zero-order valence-electron chi connectivity index (χ0n) is 18.2. The van der Waals surface area contributed by atoms with Crippen molar-refractivity contribution < 1.29 is 9.90 Å². The molecular formula is C28H26N2O2. The van der Waals surface area contributed by atoms with Crippen LogP contribution in [0, 0.1) is 5.92 Å². The molecule has 0 saturated carbocycles. The molecule has 0 fully saturated rings. The summed E-state index contributed by atoms with van der Waals surface area (Å²) in [5, 5.41) is 17.2. The van der Waals surface area contributed by atoms with Gasteiger partial charge in [-0.2, -0.15) is 5.10 Å². The number of H-pyrrole nitrogens is 1. The lowest BCUT2D eigenvalue weighted by Gasteiger charge is -2.19. The minimum absolute atomic E-state index is 0.482. The van der Waals surface area contributed by atoms with E-state index in [2.05, 4.69) is 78.6 Å². The summed E-state index contributed by atoms with van der Waals surface area (Å²) in [6.07, 6.45) is 5.55. The Hall–Kier alpha value is -3.92. The molecule has 0 aliphatic rings. The van der Waals surface area contributed by atoms with E-state index in [1.54, 1.807) is 6.08 Å². The Balaban J connectivity index is 1.93. The number of fused-ring (bicyclic) bond motifs is 1. The van der Waals surface area contributed by atoms with Crippen LogP contribution in [0.15, 0.2) is 85.1 Å². The zero-order valence-corrected chi connectivity index (χ0v) is 18.2. The average molecular weight is 423 g/mol. The number of nitrogens with one attached hydrogen (secondary N) is 1. The number of carbonyl (C=O) groups is 1. The largest absolute Gasteiger partial charge is 0.478 e. The monoisotopic (exact) mass is 422 g/mol. The maximum Gasteiger partial charge on any atom is 0.328 e. The zero-order chi connectivity index (χ0) is 22.5. The molecule has 1 heterocycles. The van der Waals surface area contributed by atoms with E-state index < -0.39 is 5.97 Å². The molecule has 0 aliphatic heterocycles. The maximum absolute atomic E-state index is 10.9. The third-order valence-corrected chi connectivity index (χ3v) is 5.38. The van der Waals surface area contributed by atoms with Gasteiger partial charge < -0.3 is 5.11 Å². The first-order valence-electron chi connectivity index (χ1n) is 10.7. The lowest BCUT2D eigenvalue weighted by molar-refractivity contribution is -0.131. The molecule has 32 heavy (non-hydrogen) atoms. The first-order valence-corrected chi connectivity index (χ1v) is 10.7. The molecule has 0 spiro atoms. The summed E-state index contributed by atoms with van der Waals surface area (Å²) in [4.78, 5) is 10.9. The van der Waals surface area contributed by atoms with E-state index in [-0.39, 0.29) is 0 Å². The third-order valence-electron chi connectivity index (χ3n) is 5.38. The lowest BCUT2D eigenvalue weighted by atomic mass is 9.85. The van der Waals surface area contributed by atoms with Crippen molar-refractivity contribution in [2.24, 2.45) is 5.92 Å². The van der Waals surface area contributed by atoms with Gasteiger partial charge in [0.1, 0.15) is 0 Å². The number of carboxylic acids is 1. The van der Waals surface area contributed by atoms with Gasteiger partial charge in [-0.25, -0.2) is 4.79 Å².